The Labute approximate surface area is 134 Å². The summed E-state index contributed by atoms with van der Waals surface area (Å²) in [6, 6.07) is 13.0. The van der Waals surface area contributed by atoms with Crippen LogP contribution in [0.1, 0.15) is 11.1 Å². The molecule has 2 aromatic rings. The molecule has 0 radical (unpaired) electrons. The third-order valence-electron chi connectivity index (χ3n) is 3.03. The Morgan fingerprint density at radius 3 is 2.48 bits per heavy atom. The van der Waals surface area contributed by atoms with Crippen LogP contribution in [-0.2, 0) is 11.3 Å². The van der Waals surface area contributed by atoms with Gasteiger partial charge in [-0.3, -0.25) is 4.79 Å². The van der Waals surface area contributed by atoms with Crippen LogP contribution < -0.4 is 10.6 Å². The summed E-state index contributed by atoms with van der Waals surface area (Å²) in [7, 11) is 0. The first kappa shape index (κ1) is 15.7. The van der Waals surface area contributed by atoms with Crippen LogP contribution in [0.2, 0.25) is 10.0 Å². The van der Waals surface area contributed by atoms with Crippen LogP contribution in [0.25, 0.3) is 0 Å². The first-order valence-corrected chi connectivity index (χ1v) is 7.31. The lowest BCUT2D eigenvalue weighted by Gasteiger charge is -2.09. The summed E-state index contributed by atoms with van der Waals surface area (Å²) in [6.07, 6.45) is 0. The Balaban J connectivity index is 1.79. The number of hydrogen-bond donors (Lipinski definition) is 2. The van der Waals surface area contributed by atoms with Crippen molar-refractivity contribution in [1.82, 2.24) is 5.32 Å². The number of halogens is 2. The molecule has 0 saturated heterocycles. The lowest BCUT2D eigenvalue weighted by atomic mass is 10.2. The molecule has 0 aliphatic rings. The van der Waals surface area contributed by atoms with Crippen LogP contribution in [0.3, 0.4) is 0 Å². The molecule has 2 rings (SSSR count). The van der Waals surface area contributed by atoms with Gasteiger partial charge in [0.15, 0.2) is 0 Å². The molecule has 0 fully saturated rings. The summed E-state index contributed by atoms with van der Waals surface area (Å²) >= 11 is 11.8. The van der Waals surface area contributed by atoms with Crippen molar-refractivity contribution in [1.29, 1.82) is 0 Å². The molecule has 21 heavy (non-hydrogen) atoms. The van der Waals surface area contributed by atoms with E-state index in [4.69, 9.17) is 23.2 Å². The maximum atomic E-state index is 11.8. The average molecular weight is 323 g/mol. The summed E-state index contributed by atoms with van der Waals surface area (Å²) in [4.78, 5) is 11.8. The second-order valence-corrected chi connectivity index (χ2v) is 5.56. The minimum absolute atomic E-state index is 0.0818. The molecule has 0 heterocycles. The molecule has 2 aromatic carbocycles. The van der Waals surface area contributed by atoms with Crippen LogP contribution in [0.15, 0.2) is 42.5 Å². The number of carbonyl (C=O) groups is 1. The smallest absolute Gasteiger partial charge is 0.239 e. The first-order chi connectivity index (χ1) is 10.0. The predicted octanol–water partition coefficient (Wildman–Crippen LogP) is 4.03. The number of carbonyl (C=O) groups excluding carboxylic acids is 1. The zero-order chi connectivity index (χ0) is 15.2. The van der Waals surface area contributed by atoms with Gasteiger partial charge < -0.3 is 10.6 Å². The molecule has 110 valence electrons. The molecular formula is C16H16Cl2N2O. The number of rotatable bonds is 5. The van der Waals surface area contributed by atoms with Crippen molar-refractivity contribution in [2.75, 3.05) is 11.9 Å². The normalized spacial score (nSPS) is 10.2. The van der Waals surface area contributed by atoms with E-state index in [-0.39, 0.29) is 12.5 Å². The number of anilines is 1. The second kappa shape index (κ2) is 7.34. The molecular weight excluding hydrogens is 307 g/mol. The zero-order valence-corrected chi connectivity index (χ0v) is 13.1. The molecule has 0 aliphatic heterocycles. The number of aryl methyl sites for hydroxylation is 1. The summed E-state index contributed by atoms with van der Waals surface area (Å²) in [5, 5.41) is 7.24. The van der Waals surface area contributed by atoms with E-state index >= 15 is 0 Å². The van der Waals surface area contributed by atoms with Crippen molar-refractivity contribution in [3.63, 3.8) is 0 Å². The van der Waals surface area contributed by atoms with Crippen molar-refractivity contribution in [2.24, 2.45) is 0 Å². The number of hydrogen-bond acceptors (Lipinski definition) is 2. The third-order valence-corrected chi connectivity index (χ3v) is 3.69. The van der Waals surface area contributed by atoms with Crippen molar-refractivity contribution < 1.29 is 4.79 Å². The highest BCUT2D eigenvalue weighted by Gasteiger charge is 2.03. The fourth-order valence-corrected chi connectivity index (χ4v) is 2.06. The summed E-state index contributed by atoms with van der Waals surface area (Å²) in [5.74, 6) is -0.0818. The maximum Gasteiger partial charge on any atom is 0.239 e. The molecule has 0 saturated carbocycles. The highest BCUT2D eigenvalue weighted by Crippen LogP contribution is 2.19. The summed E-state index contributed by atoms with van der Waals surface area (Å²) in [5.41, 5.74) is 2.84. The van der Waals surface area contributed by atoms with Crippen LogP contribution in [-0.4, -0.2) is 12.5 Å². The van der Waals surface area contributed by atoms with Gasteiger partial charge in [-0.1, -0.05) is 41.4 Å². The third kappa shape index (κ3) is 4.96. The monoisotopic (exact) mass is 322 g/mol. The fourth-order valence-electron chi connectivity index (χ4n) is 1.75. The van der Waals surface area contributed by atoms with E-state index < -0.39 is 0 Å². The SMILES string of the molecule is Cc1ccc(NCC(=O)NCc2ccc(Cl)cc2)cc1Cl. The maximum absolute atomic E-state index is 11.8. The lowest BCUT2D eigenvalue weighted by Crippen LogP contribution is -2.29. The predicted molar refractivity (Wildman–Crippen MR) is 88.0 cm³/mol. The first-order valence-electron chi connectivity index (χ1n) is 6.56. The van der Waals surface area contributed by atoms with Gasteiger partial charge in [0.2, 0.25) is 5.91 Å². The molecule has 1 amide bonds. The van der Waals surface area contributed by atoms with Gasteiger partial charge in [0, 0.05) is 22.3 Å². The largest absolute Gasteiger partial charge is 0.376 e. The van der Waals surface area contributed by atoms with Crippen molar-refractivity contribution in [2.45, 2.75) is 13.5 Å². The number of nitrogens with one attached hydrogen (secondary N) is 2. The van der Waals surface area contributed by atoms with Crippen molar-refractivity contribution in [3.05, 3.63) is 63.6 Å². The van der Waals surface area contributed by atoms with Gasteiger partial charge in [-0.15, -0.1) is 0 Å². The molecule has 0 atom stereocenters. The number of benzene rings is 2. The fraction of sp³-hybridized carbons (Fsp3) is 0.188. The van der Waals surface area contributed by atoms with Gasteiger partial charge in [-0.2, -0.15) is 0 Å². The van der Waals surface area contributed by atoms with E-state index in [0.717, 1.165) is 16.8 Å². The highest BCUT2D eigenvalue weighted by atomic mass is 35.5. The summed E-state index contributed by atoms with van der Waals surface area (Å²) in [6.45, 7) is 2.62. The van der Waals surface area contributed by atoms with E-state index in [2.05, 4.69) is 10.6 Å². The Hall–Kier alpha value is -1.71. The Morgan fingerprint density at radius 1 is 1.10 bits per heavy atom. The van der Waals surface area contributed by atoms with E-state index in [1.807, 2.05) is 37.3 Å². The van der Waals surface area contributed by atoms with Gasteiger partial charge in [0.05, 0.1) is 6.54 Å². The molecule has 0 unspecified atom stereocenters. The second-order valence-electron chi connectivity index (χ2n) is 4.72. The molecule has 3 nitrogen and oxygen atoms in total. The lowest BCUT2D eigenvalue weighted by molar-refractivity contribution is -0.119. The van der Waals surface area contributed by atoms with Gasteiger partial charge >= 0.3 is 0 Å². The quantitative estimate of drug-likeness (QED) is 0.872. The molecule has 0 bridgehead atoms. The standard InChI is InChI=1S/C16H16Cl2N2O/c1-11-2-7-14(8-15(11)18)19-10-16(21)20-9-12-3-5-13(17)6-4-12/h2-8,19H,9-10H2,1H3,(H,20,21). The molecule has 2 N–H and O–H groups in total. The van der Waals surface area contributed by atoms with Gasteiger partial charge in [0.25, 0.3) is 0 Å². The minimum atomic E-state index is -0.0818. The molecule has 0 spiro atoms. The van der Waals surface area contributed by atoms with E-state index in [1.54, 1.807) is 12.1 Å². The van der Waals surface area contributed by atoms with Gasteiger partial charge in [-0.25, -0.2) is 0 Å². The zero-order valence-electron chi connectivity index (χ0n) is 11.6. The van der Waals surface area contributed by atoms with Crippen LogP contribution >= 0.6 is 23.2 Å². The molecule has 0 aromatic heterocycles. The highest BCUT2D eigenvalue weighted by molar-refractivity contribution is 6.31. The van der Waals surface area contributed by atoms with Gasteiger partial charge in [0.1, 0.15) is 0 Å². The molecule has 0 aliphatic carbocycles. The van der Waals surface area contributed by atoms with Crippen LogP contribution in [0.4, 0.5) is 5.69 Å². The topological polar surface area (TPSA) is 41.1 Å². The van der Waals surface area contributed by atoms with Crippen LogP contribution in [0.5, 0.6) is 0 Å². The van der Waals surface area contributed by atoms with E-state index in [0.29, 0.717) is 16.6 Å². The average Bonchev–Trinajstić information content (AvgIpc) is 2.48. The number of amides is 1. The van der Waals surface area contributed by atoms with E-state index in [1.165, 1.54) is 0 Å². The minimum Gasteiger partial charge on any atom is -0.376 e. The Morgan fingerprint density at radius 2 is 1.81 bits per heavy atom. The Bertz CT molecular complexity index is 627. The Kier molecular flexibility index (Phi) is 5.48. The van der Waals surface area contributed by atoms with Crippen LogP contribution in [0, 0.1) is 6.92 Å². The van der Waals surface area contributed by atoms with Gasteiger partial charge in [-0.05, 0) is 42.3 Å². The molecule has 5 heteroatoms. The van der Waals surface area contributed by atoms with Crippen molar-refractivity contribution >= 4 is 34.8 Å². The van der Waals surface area contributed by atoms with Crippen molar-refractivity contribution in [3.8, 4) is 0 Å². The van der Waals surface area contributed by atoms with E-state index in [9.17, 15) is 4.79 Å². The summed E-state index contributed by atoms with van der Waals surface area (Å²) < 4.78 is 0.